The van der Waals surface area contributed by atoms with Gasteiger partial charge in [-0.2, -0.15) is 0 Å². The monoisotopic (exact) mass is 372 g/mol. The van der Waals surface area contributed by atoms with Crippen LogP contribution in [0.15, 0.2) is 42.0 Å². The second-order valence-electron chi connectivity index (χ2n) is 9.33. The molecule has 1 aliphatic rings. The van der Waals surface area contributed by atoms with Gasteiger partial charge < -0.3 is 14.7 Å². The maximum Gasteiger partial charge on any atom is 0.321 e. The molecule has 0 saturated carbocycles. The number of anilines is 1. The minimum atomic E-state index is 0.0216. The van der Waals surface area contributed by atoms with E-state index in [0.29, 0.717) is 17.8 Å². The highest BCUT2D eigenvalue weighted by atomic mass is 16.2. The number of hydrogen-bond donors (Lipinski definition) is 1. The number of para-hydroxylation sites is 1. The number of rotatable bonds is 7. The number of nitrogens with zero attached hydrogens (tertiary/aromatic N) is 2. The molecule has 1 aliphatic carbocycles. The Morgan fingerprint density at radius 2 is 1.85 bits per heavy atom. The van der Waals surface area contributed by atoms with Gasteiger partial charge in [0.25, 0.3) is 0 Å². The van der Waals surface area contributed by atoms with E-state index in [-0.39, 0.29) is 6.03 Å². The van der Waals surface area contributed by atoms with Crippen molar-refractivity contribution in [1.82, 2.24) is 4.90 Å². The summed E-state index contributed by atoms with van der Waals surface area (Å²) in [4.78, 5) is 15.1. The fraction of sp³-hybridized carbons (Fsp3) is 0.609. The van der Waals surface area contributed by atoms with Gasteiger partial charge in [-0.25, -0.2) is 4.79 Å². The molecule has 0 spiro atoms. The van der Waals surface area contributed by atoms with Crippen molar-refractivity contribution >= 4 is 11.7 Å². The number of urea groups is 1. The van der Waals surface area contributed by atoms with Crippen LogP contribution >= 0.6 is 0 Å². The summed E-state index contributed by atoms with van der Waals surface area (Å²) in [5, 5.41) is 3.08. The zero-order chi connectivity index (χ0) is 20.0. The first-order valence-electron chi connectivity index (χ1n) is 10.2. The molecule has 0 fully saturated rings. The van der Waals surface area contributed by atoms with Crippen molar-refractivity contribution < 1.29 is 9.28 Å². The second kappa shape index (κ2) is 9.41. The number of amides is 2. The van der Waals surface area contributed by atoms with Crippen LogP contribution in [0.1, 0.15) is 33.6 Å². The summed E-state index contributed by atoms with van der Waals surface area (Å²) in [6, 6.07) is 9.79. The van der Waals surface area contributed by atoms with E-state index in [1.807, 2.05) is 35.2 Å². The lowest BCUT2D eigenvalue weighted by molar-refractivity contribution is -0.870. The molecule has 0 heterocycles. The quantitative estimate of drug-likeness (QED) is 0.538. The van der Waals surface area contributed by atoms with Crippen molar-refractivity contribution in [2.75, 3.05) is 46.1 Å². The third-order valence-electron chi connectivity index (χ3n) is 5.60. The standard InChI is InChI=1S/C23H37N3O/c1-18-15-19(2)22(20(3)16-18)17-25(13-10-14-26(4,5)6)23(27)24-21-11-8-7-9-12-21/h7-9,11-12,15,19-20,22H,10,13-14,16-17H2,1-6H3/p+1/t19-,20-,22-/m1/s1. The van der Waals surface area contributed by atoms with Crippen molar-refractivity contribution in [2.24, 2.45) is 17.8 Å². The molecule has 4 nitrogen and oxygen atoms in total. The molecule has 1 aromatic carbocycles. The minimum absolute atomic E-state index is 0.0216. The maximum atomic E-state index is 13.0. The van der Waals surface area contributed by atoms with Gasteiger partial charge in [0.15, 0.2) is 0 Å². The minimum Gasteiger partial charge on any atom is -0.331 e. The number of carbonyl (C=O) groups excluding carboxylic acids is 1. The molecule has 2 rings (SSSR count). The van der Waals surface area contributed by atoms with Crippen LogP contribution in [0.25, 0.3) is 0 Å². The van der Waals surface area contributed by atoms with E-state index in [0.717, 1.165) is 42.6 Å². The first-order valence-corrected chi connectivity index (χ1v) is 10.2. The van der Waals surface area contributed by atoms with Crippen molar-refractivity contribution in [2.45, 2.75) is 33.6 Å². The molecule has 0 unspecified atom stereocenters. The average molecular weight is 373 g/mol. The number of hydrogen-bond acceptors (Lipinski definition) is 1. The summed E-state index contributed by atoms with van der Waals surface area (Å²) < 4.78 is 0.923. The van der Waals surface area contributed by atoms with Crippen LogP contribution in [0.5, 0.6) is 0 Å². The Bertz CT molecular complexity index is 633. The predicted molar refractivity (Wildman–Crippen MR) is 115 cm³/mol. The van der Waals surface area contributed by atoms with E-state index >= 15 is 0 Å². The molecular formula is C23H38N3O+. The number of allylic oxidation sites excluding steroid dienone is 2. The van der Waals surface area contributed by atoms with E-state index in [1.54, 1.807) is 0 Å². The average Bonchev–Trinajstić information content (AvgIpc) is 2.56. The van der Waals surface area contributed by atoms with Crippen LogP contribution in [0.2, 0.25) is 0 Å². The summed E-state index contributed by atoms with van der Waals surface area (Å²) >= 11 is 0. The molecular weight excluding hydrogens is 334 g/mol. The van der Waals surface area contributed by atoms with E-state index in [2.05, 4.69) is 53.3 Å². The van der Waals surface area contributed by atoms with Gasteiger partial charge in [-0.05, 0) is 43.2 Å². The van der Waals surface area contributed by atoms with E-state index in [1.165, 1.54) is 5.57 Å². The normalized spacial score (nSPS) is 22.9. The van der Waals surface area contributed by atoms with Crippen molar-refractivity contribution in [1.29, 1.82) is 0 Å². The molecule has 27 heavy (non-hydrogen) atoms. The van der Waals surface area contributed by atoms with Gasteiger partial charge in [-0.15, -0.1) is 0 Å². The molecule has 2 amide bonds. The fourth-order valence-electron chi connectivity index (χ4n) is 4.15. The third-order valence-corrected chi connectivity index (χ3v) is 5.60. The summed E-state index contributed by atoms with van der Waals surface area (Å²) in [5.74, 6) is 1.63. The highest BCUT2D eigenvalue weighted by molar-refractivity contribution is 5.89. The van der Waals surface area contributed by atoms with Crippen LogP contribution < -0.4 is 5.32 Å². The predicted octanol–water partition coefficient (Wildman–Crippen LogP) is 4.86. The molecule has 1 aromatic rings. The Labute approximate surface area is 165 Å². The Hall–Kier alpha value is -1.81. The SMILES string of the molecule is CC1=C[C@@H](C)[C@@H](CN(CCC[N+](C)(C)C)C(=O)Nc2ccccc2)[C@H](C)C1. The molecule has 1 N–H and O–H groups in total. The molecule has 0 bridgehead atoms. The zero-order valence-electron chi connectivity index (χ0n) is 18.0. The van der Waals surface area contributed by atoms with Crippen molar-refractivity contribution in [3.8, 4) is 0 Å². The summed E-state index contributed by atoms with van der Waals surface area (Å²) in [6.07, 6.45) is 4.54. The summed E-state index contributed by atoms with van der Waals surface area (Å²) in [7, 11) is 6.60. The number of benzene rings is 1. The van der Waals surface area contributed by atoms with Crippen LogP contribution in [0.4, 0.5) is 10.5 Å². The second-order valence-corrected chi connectivity index (χ2v) is 9.33. The summed E-state index contributed by atoms with van der Waals surface area (Å²) in [5.41, 5.74) is 2.34. The number of quaternary nitrogens is 1. The lowest BCUT2D eigenvalue weighted by atomic mass is 9.75. The Morgan fingerprint density at radius 1 is 1.19 bits per heavy atom. The smallest absolute Gasteiger partial charge is 0.321 e. The van der Waals surface area contributed by atoms with Crippen LogP contribution in [0.3, 0.4) is 0 Å². The first-order chi connectivity index (χ1) is 12.7. The molecule has 4 heteroatoms. The molecule has 0 radical (unpaired) electrons. The lowest BCUT2D eigenvalue weighted by Gasteiger charge is -2.37. The maximum absolute atomic E-state index is 13.0. The molecule has 0 saturated heterocycles. The summed E-state index contributed by atoms with van der Waals surface area (Å²) in [6.45, 7) is 9.53. The van der Waals surface area contributed by atoms with Gasteiger partial charge >= 0.3 is 6.03 Å². The van der Waals surface area contributed by atoms with Crippen molar-refractivity contribution in [3.63, 3.8) is 0 Å². The van der Waals surface area contributed by atoms with Gasteiger partial charge in [0, 0.05) is 25.2 Å². The van der Waals surface area contributed by atoms with Gasteiger partial charge in [-0.3, -0.25) is 0 Å². The fourth-order valence-corrected chi connectivity index (χ4v) is 4.15. The van der Waals surface area contributed by atoms with E-state index in [4.69, 9.17) is 0 Å². The van der Waals surface area contributed by atoms with Gasteiger partial charge in [0.1, 0.15) is 0 Å². The van der Waals surface area contributed by atoms with Gasteiger partial charge in [0.2, 0.25) is 0 Å². The first kappa shape index (κ1) is 21.5. The number of nitrogens with one attached hydrogen (secondary N) is 1. The molecule has 0 aromatic heterocycles. The van der Waals surface area contributed by atoms with Gasteiger partial charge in [0.05, 0.1) is 27.7 Å². The molecule has 3 atom stereocenters. The molecule has 150 valence electrons. The van der Waals surface area contributed by atoms with Gasteiger partial charge in [-0.1, -0.05) is 43.7 Å². The highest BCUT2D eigenvalue weighted by Crippen LogP contribution is 2.34. The lowest BCUT2D eigenvalue weighted by Crippen LogP contribution is -2.44. The van der Waals surface area contributed by atoms with Crippen LogP contribution in [-0.2, 0) is 0 Å². The van der Waals surface area contributed by atoms with E-state index in [9.17, 15) is 4.79 Å². The van der Waals surface area contributed by atoms with Crippen LogP contribution in [0, 0.1) is 17.8 Å². The van der Waals surface area contributed by atoms with Crippen molar-refractivity contribution in [3.05, 3.63) is 42.0 Å². The third kappa shape index (κ3) is 7.02. The van der Waals surface area contributed by atoms with Crippen LogP contribution in [-0.4, -0.2) is 56.2 Å². The zero-order valence-corrected chi connectivity index (χ0v) is 18.0. The van der Waals surface area contributed by atoms with E-state index < -0.39 is 0 Å². The Kier molecular flexibility index (Phi) is 7.49. The highest BCUT2D eigenvalue weighted by Gasteiger charge is 2.30. The molecule has 0 aliphatic heterocycles. The Balaban J connectivity index is 2.07. The topological polar surface area (TPSA) is 32.3 Å². The largest absolute Gasteiger partial charge is 0.331 e. The Morgan fingerprint density at radius 3 is 2.44 bits per heavy atom. The number of carbonyl (C=O) groups is 1.